The molecule has 0 aromatic heterocycles. The van der Waals surface area contributed by atoms with E-state index in [-0.39, 0.29) is 6.10 Å². The van der Waals surface area contributed by atoms with Crippen LogP contribution in [0, 0.1) is 5.92 Å². The molecule has 21 heavy (non-hydrogen) atoms. The number of hydrogen-bond acceptors (Lipinski definition) is 3. The molecular weight excluding hydrogens is 330 g/mol. The summed E-state index contributed by atoms with van der Waals surface area (Å²) < 4.78 is 12.6. The van der Waals surface area contributed by atoms with Gasteiger partial charge in [0.2, 0.25) is 0 Å². The zero-order valence-corrected chi connectivity index (χ0v) is 15.4. The van der Waals surface area contributed by atoms with E-state index in [0.717, 1.165) is 35.0 Å². The van der Waals surface area contributed by atoms with E-state index < -0.39 is 0 Å². The Bertz CT molecular complexity index is 433. The van der Waals surface area contributed by atoms with Gasteiger partial charge in [-0.2, -0.15) is 0 Å². The molecule has 0 saturated heterocycles. The van der Waals surface area contributed by atoms with E-state index in [0.29, 0.717) is 6.61 Å². The number of ether oxygens (including phenoxy) is 2. The smallest absolute Gasteiger partial charge is 0.162 e. The fourth-order valence-corrected chi connectivity index (χ4v) is 2.40. The Morgan fingerprint density at radius 2 is 1.86 bits per heavy atom. The van der Waals surface area contributed by atoms with Gasteiger partial charge in [0, 0.05) is 11.0 Å². The Hall–Kier alpha value is -0.740. The number of halogens is 1. The topological polar surface area (TPSA) is 30.5 Å². The van der Waals surface area contributed by atoms with E-state index in [4.69, 9.17) is 9.47 Å². The van der Waals surface area contributed by atoms with Crippen LogP contribution in [0.3, 0.4) is 0 Å². The predicted molar refractivity (Wildman–Crippen MR) is 92.2 cm³/mol. The van der Waals surface area contributed by atoms with Crippen LogP contribution in [-0.2, 0) is 6.54 Å². The van der Waals surface area contributed by atoms with Crippen molar-refractivity contribution in [3.63, 3.8) is 0 Å². The molecule has 0 spiro atoms. The molecule has 120 valence electrons. The second kappa shape index (κ2) is 9.31. The van der Waals surface area contributed by atoms with Gasteiger partial charge >= 0.3 is 0 Å². The molecule has 0 fully saturated rings. The molecule has 0 radical (unpaired) electrons. The molecule has 0 atom stereocenters. The molecule has 0 heterocycles. The highest BCUT2D eigenvalue weighted by atomic mass is 79.9. The van der Waals surface area contributed by atoms with Gasteiger partial charge < -0.3 is 14.8 Å². The molecule has 0 bridgehead atoms. The summed E-state index contributed by atoms with van der Waals surface area (Å²) in [4.78, 5) is 0. The number of rotatable bonds is 9. The summed E-state index contributed by atoms with van der Waals surface area (Å²) in [5, 5.41) is 3.48. The van der Waals surface area contributed by atoms with Crippen molar-refractivity contribution in [3.8, 4) is 11.5 Å². The molecule has 0 amide bonds. The van der Waals surface area contributed by atoms with Crippen molar-refractivity contribution in [2.45, 2.75) is 53.7 Å². The maximum atomic E-state index is 5.82. The van der Waals surface area contributed by atoms with Gasteiger partial charge in [-0.25, -0.2) is 0 Å². The Labute approximate surface area is 137 Å². The van der Waals surface area contributed by atoms with E-state index in [2.05, 4.69) is 41.2 Å². The normalized spacial score (nSPS) is 11.2. The summed E-state index contributed by atoms with van der Waals surface area (Å²) in [5.74, 6) is 2.33. The van der Waals surface area contributed by atoms with Gasteiger partial charge in [0.25, 0.3) is 0 Å². The zero-order chi connectivity index (χ0) is 15.8. The standard InChI is InChI=1S/C17H28BrNO2/c1-6-20-16-9-14(11-19-8-7-12(2)3)15(18)10-17(16)21-13(4)5/h9-10,12-13,19H,6-8,11H2,1-5H3. The highest BCUT2D eigenvalue weighted by molar-refractivity contribution is 9.10. The average Bonchev–Trinajstić information content (AvgIpc) is 2.38. The van der Waals surface area contributed by atoms with Crippen molar-refractivity contribution in [3.05, 3.63) is 22.2 Å². The van der Waals surface area contributed by atoms with Crippen molar-refractivity contribution >= 4 is 15.9 Å². The fraction of sp³-hybridized carbons (Fsp3) is 0.647. The lowest BCUT2D eigenvalue weighted by Crippen LogP contribution is -2.17. The first kappa shape index (κ1) is 18.3. The fourth-order valence-electron chi connectivity index (χ4n) is 1.94. The Balaban J connectivity index is 2.77. The SMILES string of the molecule is CCOc1cc(CNCCC(C)C)c(Br)cc1OC(C)C. The summed E-state index contributed by atoms with van der Waals surface area (Å²) in [7, 11) is 0. The van der Waals surface area contributed by atoms with Crippen LogP contribution in [-0.4, -0.2) is 19.3 Å². The molecular formula is C17H28BrNO2. The van der Waals surface area contributed by atoms with E-state index in [1.807, 2.05) is 26.8 Å². The largest absolute Gasteiger partial charge is 0.490 e. The first-order valence-electron chi connectivity index (χ1n) is 7.76. The second-order valence-electron chi connectivity index (χ2n) is 5.85. The molecule has 3 nitrogen and oxygen atoms in total. The van der Waals surface area contributed by atoms with E-state index in [1.54, 1.807) is 0 Å². The lowest BCUT2D eigenvalue weighted by Gasteiger charge is -2.17. The molecule has 0 aliphatic rings. The first-order chi connectivity index (χ1) is 9.93. The molecule has 1 aromatic rings. The molecule has 4 heteroatoms. The monoisotopic (exact) mass is 357 g/mol. The summed E-state index contributed by atoms with van der Waals surface area (Å²) in [6, 6.07) is 4.07. The van der Waals surface area contributed by atoms with Crippen LogP contribution in [0.4, 0.5) is 0 Å². The van der Waals surface area contributed by atoms with E-state index in [9.17, 15) is 0 Å². The molecule has 0 saturated carbocycles. The lowest BCUT2D eigenvalue weighted by molar-refractivity contribution is 0.223. The van der Waals surface area contributed by atoms with Crippen molar-refractivity contribution in [1.29, 1.82) is 0 Å². The lowest BCUT2D eigenvalue weighted by atomic mass is 10.1. The maximum absolute atomic E-state index is 5.82. The minimum atomic E-state index is 0.131. The van der Waals surface area contributed by atoms with Gasteiger partial charge in [0.05, 0.1) is 12.7 Å². The van der Waals surface area contributed by atoms with Gasteiger partial charge in [-0.05, 0) is 57.4 Å². The van der Waals surface area contributed by atoms with Crippen LogP contribution in [0.1, 0.15) is 46.6 Å². The van der Waals surface area contributed by atoms with Crippen LogP contribution in [0.15, 0.2) is 16.6 Å². The Morgan fingerprint density at radius 3 is 2.43 bits per heavy atom. The Kier molecular flexibility index (Phi) is 8.12. The molecule has 1 N–H and O–H groups in total. The highest BCUT2D eigenvalue weighted by Gasteiger charge is 2.12. The van der Waals surface area contributed by atoms with Crippen molar-refractivity contribution in [2.75, 3.05) is 13.2 Å². The summed E-state index contributed by atoms with van der Waals surface area (Å²) in [6.45, 7) is 13.0. The van der Waals surface area contributed by atoms with Crippen LogP contribution in [0.25, 0.3) is 0 Å². The van der Waals surface area contributed by atoms with Gasteiger partial charge in [0.15, 0.2) is 11.5 Å². The summed E-state index contributed by atoms with van der Waals surface area (Å²) in [6.07, 6.45) is 1.32. The number of nitrogens with one attached hydrogen (secondary N) is 1. The summed E-state index contributed by atoms with van der Waals surface area (Å²) >= 11 is 3.63. The maximum Gasteiger partial charge on any atom is 0.162 e. The average molecular weight is 358 g/mol. The van der Waals surface area contributed by atoms with Crippen LogP contribution in [0.2, 0.25) is 0 Å². The first-order valence-corrected chi connectivity index (χ1v) is 8.55. The van der Waals surface area contributed by atoms with Crippen molar-refractivity contribution < 1.29 is 9.47 Å². The van der Waals surface area contributed by atoms with Crippen LogP contribution < -0.4 is 14.8 Å². The molecule has 0 unspecified atom stereocenters. The second-order valence-corrected chi connectivity index (χ2v) is 6.70. The minimum Gasteiger partial charge on any atom is -0.490 e. The van der Waals surface area contributed by atoms with Crippen LogP contribution >= 0.6 is 15.9 Å². The van der Waals surface area contributed by atoms with Gasteiger partial charge in [-0.1, -0.05) is 29.8 Å². The third-order valence-electron chi connectivity index (χ3n) is 2.99. The van der Waals surface area contributed by atoms with Crippen molar-refractivity contribution in [1.82, 2.24) is 5.32 Å². The third kappa shape index (κ3) is 6.70. The third-order valence-corrected chi connectivity index (χ3v) is 3.73. The Morgan fingerprint density at radius 1 is 1.14 bits per heavy atom. The quantitative estimate of drug-likeness (QED) is 0.645. The van der Waals surface area contributed by atoms with Crippen molar-refractivity contribution in [2.24, 2.45) is 5.92 Å². The van der Waals surface area contributed by atoms with Crippen LogP contribution in [0.5, 0.6) is 11.5 Å². The molecule has 0 aliphatic heterocycles. The molecule has 1 aromatic carbocycles. The van der Waals surface area contributed by atoms with Gasteiger partial charge in [-0.3, -0.25) is 0 Å². The minimum absolute atomic E-state index is 0.131. The number of hydrogen-bond donors (Lipinski definition) is 1. The summed E-state index contributed by atoms with van der Waals surface area (Å²) in [5.41, 5.74) is 1.19. The van der Waals surface area contributed by atoms with E-state index in [1.165, 1.54) is 12.0 Å². The highest BCUT2D eigenvalue weighted by Crippen LogP contribution is 2.34. The molecule has 1 rings (SSSR count). The molecule has 0 aliphatic carbocycles. The van der Waals surface area contributed by atoms with Gasteiger partial charge in [-0.15, -0.1) is 0 Å². The zero-order valence-electron chi connectivity index (χ0n) is 13.8. The van der Waals surface area contributed by atoms with E-state index >= 15 is 0 Å². The van der Waals surface area contributed by atoms with Gasteiger partial charge in [0.1, 0.15) is 0 Å². The number of benzene rings is 1. The predicted octanol–water partition coefficient (Wildman–Crippen LogP) is 4.77.